The molecule has 0 aliphatic heterocycles. The van der Waals surface area contributed by atoms with Crippen LogP contribution in [0.15, 0.2) is 18.3 Å². The number of nitrogens with zero attached hydrogens (tertiary/aromatic N) is 4. The molecule has 26 heavy (non-hydrogen) atoms. The molecule has 0 unspecified atom stereocenters. The second kappa shape index (κ2) is 6.97. The van der Waals surface area contributed by atoms with Crippen molar-refractivity contribution in [1.29, 1.82) is 0 Å². The lowest BCUT2D eigenvalue weighted by Gasteiger charge is -2.25. The molecule has 0 fully saturated rings. The Balaban J connectivity index is 1.92. The Morgan fingerprint density at radius 1 is 1.31 bits per heavy atom. The van der Waals surface area contributed by atoms with Crippen LogP contribution in [0.4, 0.5) is 10.2 Å². The summed E-state index contributed by atoms with van der Waals surface area (Å²) in [6, 6.07) is 2.62. The molecule has 6 nitrogen and oxygen atoms in total. The lowest BCUT2D eigenvalue weighted by atomic mass is 10.1. The molecule has 0 bridgehead atoms. The molecule has 1 aliphatic carbocycles. The van der Waals surface area contributed by atoms with E-state index < -0.39 is 0 Å². The number of aromatic nitrogens is 3. The van der Waals surface area contributed by atoms with E-state index in [1.165, 1.54) is 18.3 Å². The summed E-state index contributed by atoms with van der Waals surface area (Å²) in [7, 11) is 1.84. The quantitative estimate of drug-likeness (QED) is 0.910. The Labute approximate surface area is 152 Å². The van der Waals surface area contributed by atoms with Crippen LogP contribution in [0.25, 0.3) is 11.5 Å². The molecule has 0 aromatic carbocycles. The third-order valence-corrected chi connectivity index (χ3v) is 4.12. The Hall–Kier alpha value is -2.57. The smallest absolute Gasteiger partial charge is 0.239 e. The molecule has 2 aromatic heterocycles. The number of carbonyl (C=O) groups excluding carboxylic acids is 1. The minimum absolute atomic E-state index is 0.0733. The van der Waals surface area contributed by atoms with Crippen LogP contribution in [-0.4, -0.2) is 40.0 Å². The van der Waals surface area contributed by atoms with Crippen molar-refractivity contribution in [3.05, 3.63) is 35.4 Å². The number of fused-ring (bicyclic) bond motifs is 1. The summed E-state index contributed by atoms with van der Waals surface area (Å²) in [6.07, 6.45) is 4.14. The first-order chi connectivity index (χ1) is 12.2. The van der Waals surface area contributed by atoms with Crippen LogP contribution in [0.5, 0.6) is 0 Å². The Morgan fingerprint density at radius 2 is 2.08 bits per heavy atom. The van der Waals surface area contributed by atoms with E-state index in [2.05, 4.69) is 20.3 Å². The number of pyridine rings is 1. The number of carbonyl (C=O) groups is 1. The number of hydrogen-bond acceptors (Lipinski definition) is 5. The molecule has 7 heteroatoms. The zero-order valence-electron chi connectivity index (χ0n) is 15.6. The van der Waals surface area contributed by atoms with Crippen molar-refractivity contribution in [3.8, 4) is 11.5 Å². The number of rotatable bonds is 4. The average molecular weight is 357 g/mol. The van der Waals surface area contributed by atoms with Gasteiger partial charge in [0.05, 0.1) is 6.54 Å². The molecular weight excluding hydrogens is 333 g/mol. The maximum Gasteiger partial charge on any atom is 0.239 e. The van der Waals surface area contributed by atoms with E-state index in [1.807, 2.05) is 32.7 Å². The number of likely N-dealkylation sites (N-methyl/N-ethyl adjacent to an activating group) is 1. The van der Waals surface area contributed by atoms with Gasteiger partial charge < -0.3 is 10.2 Å². The molecule has 0 saturated carbocycles. The molecule has 2 aromatic rings. The summed E-state index contributed by atoms with van der Waals surface area (Å²) >= 11 is 0. The number of hydrogen-bond donors (Lipinski definition) is 1. The zero-order chi connectivity index (χ0) is 18.9. The summed E-state index contributed by atoms with van der Waals surface area (Å²) in [5, 5.41) is 2.96. The molecule has 0 saturated heterocycles. The summed E-state index contributed by atoms with van der Waals surface area (Å²) in [6.45, 7) is 6.03. The van der Waals surface area contributed by atoms with E-state index in [0.29, 0.717) is 11.5 Å². The third-order valence-electron chi connectivity index (χ3n) is 4.12. The fourth-order valence-electron chi connectivity index (χ4n) is 3.12. The standard InChI is InChI=1S/C19H24FN5O/c1-19(2,3)24-16(26)11-25(4)18-13-6-5-7-14(13)22-17(23-18)15-10-12(20)8-9-21-15/h8-10H,5-7,11H2,1-4H3,(H,24,26). The predicted octanol–water partition coefficient (Wildman–Crippen LogP) is 2.52. The van der Waals surface area contributed by atoms with Gasteiger partial charge in [-0.15, -0.1) is 0 Å². The van der Waals surface area contributed by atoms with Crippen LogP contribution in [0.2, 0.25) is 0 Å². The van der Waals surface area contributed by atoms with Gasteiger partial charge in [0.2, 0.25) is 5.91 Å². The van der Waals surface area contributed by atoms with Gasteiger partial charge in [0.25, 0.3) is 0 Å². The molecule has 138 valence electrons. The second-order valence-electron chi connectivity index (χ2n) is 7.66. The molecule has 3 rings (SSSR count). The van der Waals surface area contributed by atoms with Gasteiger partial charge >= 0.3 is 0 Å². The van der Waals surface area contributed by atoms with Crippen molar-refractivity contribution in [1.82, 2.24) is 20.3 Å². The number of anilines is 1. The van der Waals surface area contributed by atoms with Gasteiger partial charge in [-0.3, -0.25) is 9.78 Å². The lowest BCUT2D eigenvalue weighted by molar-refractivity contribution is -0.121. The van der Waals surface area contributed by atoms with E-state index in [0.717, 1.165) is 36.3 Å². The summed E-state index contributed by atoms with van der Waals surface area (Å²) < 4.78 is 13.6. The predicted molar refractivity (Wildman–Crippen MR) is 98.4 cm³/mol. The zero-order valence-corrected chi connectivity index (χ0v) is 15.6. The van der Waals surface area contributed by atoms with Gasteiger partial charge in [-0.05, 0) is 46.1 Å². The summed E-state index contributed by atoms with van der Waals surface area (Å²) in [5.74, 6) is 0.662. The van der Waals surface area contributed by atoms with Crippen LogP contribution < -0.4 is 10.2 Å². The van der Waals surface area contributed by atoms with E-state index in [9.17, 15) is 9.18 Å². The second-order valence-corrected chi connectivity index (χ2v) is 7.66. The molecular formula is C19H24FN5O. The number of amides is 1. The van der Waals surface area contributed by atoms with Crippen molar-refractivity contribution in [3.63, 3.8) is 0 Å². The summed E-state index contributed by atoms with van der Waals surface area (Å²) in [5.41, 5.74) is 2.13. The van der Waals surface area contributed by atoms with Gasteiger partial charge in [-0.1, -0.05) is 0 Å². The van der Waals surface area contributed by atoms with Crippen molar-refractivity contribution < 1.29 is 9.18 Å². The summed E-state index contributed by atoms with van der Waals surface area (Å²) in [4.78, 5) is 27.5. The maximum atomic E-state index is 13.6. The molecule has 0 atom stereocenters. The molecule has 0 radical (unpaired) electrons. The van der Waals surface area contributed by atoms with Crippen LogP contribution in [0, 0.1) is 5.82 Å². The van der Waals surface area contributed by atoms with E-state index in [4.69, 9.17) is 0 Å². The average Bonchev–Trinajstić information content (AvgIpc) is 3.00. The lowest BCUT2D eigenvalue weighted by Crippen LogP contribution is -2.45. The minimum atomic E-state index is -0.376. The Morgan fingerprint density at radius 3 is 2.77 bits per heavy atom. The van der Waals surface area contributed by atoms with E-state index >= 15 is 0 Å². The van der Waals surface area contributed by atoms with Crippen LogP contribution in [-0.2, 0) is 17.6 Å². The molecule has 1 aliphatic rings. The highest BCUT2D eigenvalue weighted by Crippen LogP contribution is 2.30. The van der Waals surface area contributed by atoms with Gasteiger partial charge in [0, 0.05) is 36.1 Å². The highest BCUT2D eigenvalue weighted by molar-refractivity contribution is 5.82. The highest BCUT2D eigenvalue weighted by atomic mass is 19.1. The minimum Gasteiger partial charge on any atom is -0.350 e. The maximum absolute atomic E-state index is 13.6. The monoisotopic (exact) mass is 357 g/mol. The van der Waals surface area contributed by atoms with Crippen LogP contribution >= 0.6 is 0 Å². The number of halogens is 1. The molecule has 1 N–H and O–H groups in total. The van der Waals surface area contributed by atoms with Crippen LogP contribution in [0.1, 0.15) is 38.4 Å². The Kier molecular flexibility index (Phi) is 4.89. The van der Waals surface area contributed by atoms with Gasteiger partial charge in [0.15, 0.2) is 5.82 Å². The fourth-order valence-corrected chi connectivity index (χ4v) is 3.12. The van der Waals surface area contributed by atoms with Crippen molar-refractivity contribution in [2.45, 2.75) is 45.6 Å². The van der Waals surface area contributed by atoms with Gasteiger partial charge in [-0.25, -0.2) is 14.4 Å². The normalized spacial score (nSPS) is 13.4. The van der Waals surface area contributed by atoms with Gasteiger partial charge in [0.1, 0.15) is 17.3 Å². The number of nitrogens with one attached hydrogen (secondary N) is 1. The first-order valence-corrected chi connectivity index (χ1v) is 8.77. The molecule has 1 amide bonds. The molecule has 0 spiro atoms. The van der Waals surface area contributed by atoms with Crippen molar-refractivity contribution in [2.75, 3.05) is 18.5 Å². The first kappa shape index (κ1) is 18.2. The largest absolute Gasteiger partial charge is 0.350 e. The van der Waals surface area contributed by atoms with E-state index in [1.54, 1.807) is 0 Å². The van der Waals surface area contributed by atoms with Crippen LogP contribution in [0.3, 0.4) is 0 Å². The third kappa shape index (κ3) is 4.15. The first-order valence-electron chi connectivity index (χ1n) is 8.77. The highest BCUT2D eigenvalue weighted by Gasteiger charge is 2.24. The van der Waals surface area contributed by atoms with Crippen molar-refractivity contribution in [2.24, 2.45) is 0 Å². The molecule has 2 heterocycles. The Bertz CT molecular complexity index is 831. The SMILES string of the molecule is CN(CC(=O)NC(C)(C)C)c1nc(-c2cc(F)ccn2)nc2c1CCC2. The van der Waals surface area contributed by atoms with Crippen molar-refractivity contribution >= 4 is 11.7 Å². The van der Waals surface area contributed by atoms with E-state index in [-0.39, 0.29) is 23.8 Å². The van der Waals surface area contributed by atoms with Gasteiger partial charge in [-0.2, -0.15) is 0 Å². The fraction of sp³-hybridized carbons (Fsp3) is 0.474. The topological polar surface area (TPSA) is 71.0 Å². The number of aryl methyl sites for hydroxylation is 1.